The van der Waals surface area contributed by atoms with Crippen LogP contribution in [0.3, 0.4) is 0 Å². The number of aryl methyl sites for hydroxylation is 2. The number of hydrogen-bond donors (Lipinski definition) is 1. The first-order chi connectivity index (χ1) is 19.0. The van der Waals surface area contributed by atoms with Gasteiger partial charge in [0.15, 0.2) is 5.58 Å². The lowest BCUT2D eigenvalue weighted by Crippen LogP contribution is -2.64. The summed E-state index contributed by atoms with van der Waals surface area (Å²) in [5.74, 6) is -0.348. The zero-order valence-corrected chi connectivity index (χ0v) is 24.4. The van der Waals surface area contributed by atoms with Gasteiger partial charge in [0.2, 0.25) is 15.9 Å². The molecule has 2 atom stereocenters. The van der Waals surface area contributed by atoms with Crippen molar-refractivity contribution in [2.45, 2.75) is 56.6 Å². The van der Waals surface area contributed by atoms with E-state index in [9.17, 15) is 18.0 Å². The number of nitrogens with zero attached hydrogens (tertiary/aromatic N) is 3. The van der Waals surface area contributed by atoms with Gasteiger partial charge in [0.05, 0.1) is 29.2 Å². The fraction of sp³-hybridized carbons (Fsp3) is 0.517. The van der Waals surface area contributed by atoms with E-state index in [-0.39, 0.29) is 25.0 Å². The van der Waals surface area contributed by atoms with Gasteiger partial charge in [-0.2, -0.15) is 4.31 Å². The predicted molar refractivity (Wildman–Crippen MR) is 153 cm³/mol. The number of piperidine rings is 1. The number of amides is 1. The molecule has 0 aliphatic carbocycles. The molecule has 3 aromatic rings. The second-order valence-electron chi connectivity index (χ2n) is 11.6. The Morgan fingerprint density at radius 1 is 1.15 bits per heavy atom. The largest absolute Gasteiger partial charge is 0.419 e. The third kappa shape index (κ3) is 5.88. The van der Waals surface area contributed by atoms with Crippen molar-refractivity contribution in [3.05, 3.63) is 58.6 Å². The van der Waals surface area contributed by atoms with E-state index in [1.165, 1.54) is 4.57 Å². The van der Waals surface area contributed by atoms with Gasteiger partial charge in [-0.25, -0.2) is 13.2 Å². The molecule has 11 heteroatoms. The minimum atomic E-state index is -3.73. The van der Waals surface area contributed by atoms with Crippen LogP contribution in [0.5, 0.6) is 0 Å². The Labute approximate surface area is 234 Å². The highest BCUT2D eigenvalue weighted by atomic mass is 32.2. The van der Waals surface area contributed by atoms with Crippen LogP contribution in [0.4, 0.5) is 5.69 Å². The van der Waals surface area contributed by atoms with Crippen molar-refractivity contribution in [1.29, 1.82) is 0 Å². The van der Waals surface area contributed by atoms with Gasteiger partial charge in [-0.15, -0.1) is 0 Å². The fourth-order valence-electron chi connectivity index (χ4n) is 5.86. The highest BCUT2D eigenvalue weighted by Crippen LogP contribution is 2.35. The lowest BCUT2D eigenvalue weighted by Gasteiger charge is -2.50. The smallest absolute Gasteiger partial charge is 0.408 e. The molecule has 2 aliphatic rings. The zero-order chi connectivity index (χ0) is 28.7. The number of hydrogen-bond acceptors (Lipinski definition) is 7. The van der Waals surface area contributed by atoms with Crippen LogP contribution in [0.25, 0.3) is 11.1 Å². The van der Waals surface area contributed by atoms with E-state index < -0.39 is 21.4 Å². The topological polar surface area (TPSA) is 114 Å². The molecule has 5 rings (SSSR count). The van der Waals surface area contributed by atoms with Gasteiger partial charge in [-0.1, -0.05) is 31.5 Å². The molecular weight excluding hydrogens is 532 g/mol. The average molecular weight is 571 g/mol. The van der Waals surface area contributed by atoms with Crippen molar-refractivity contribution in [1.82, 2.24) is 13.8 Å². The molecule has 10 nitrogen and oxygen atoms in total. The summed E-state index contributed by atoms with van der Waals surface area (Å²) in [7, 11) is -2.10. The van der Waals surface area contributed by atoms with Crippen molar-refractivity contribution in [3.8, 4) is 0 Å². The van der Waals surface area contributed by atoms with Gasteiger partial charge in [0.25, 0.3) is 0 Å². The normalized spacial score (nSPS) is 22.8. The molecule has 1 amide bonds. The SMILES string of the molecule is Cc1ccc(S(=O)(=O)N2C[C@@]3(CCCN(CC(=O)Nc4ccc5c(c4)oc(=O)n5C)C3)OC[C@@H]2CC(C)C)cc1. The Morgan fingerprint density at radius 2 is 1.90 bits per heavy atom. The number of nitrogens with one attached hydrogen (secondary N) is 1. The maximum absolute atomic E-state index is 13.9. The third-order valence-electron chi connectivity index (χ3n) is 7.87. The number of likely N-dealkylation sites (tertiary alicyclic amines) is 1. The lowest BCUT2D eigenvalue weighted by molar-refractivity contribution is -0.146. The molecule has 2 fully saturated rings. The van der Waals surface area contributed by atoms with Crippen LogP contribution in [0.15, 0.2) is 56.6 Å². The van der Waals surface area contributed by atoms with Crippen molar-refractivity contribution in [2.24, 2.45) is 13.0 Å². The van der Waals surface area contributed by atoms with E-state index in [2.05, 4.69) is 19.2 Å². The molecule has 0 bridgehead atoms. The molecule has 2 aromatic carbocycles. The predicted octanol–water partition coefficient (Wildman–Crippen LogP) is 3.35. The van der Waals surface area contributed by atoms with Gasteiger partial charge in [0, 0.05) is 37.9 Å². The summed E-state index contributed by atoms with van der Waals surface area (Å²) >= 11 is 0. The van der Waals surface area contributed by atoms with Crippen molar-refractivity contribution < 1.29 is 22.4 Å². The first-order valence-corrected chi connectivity index (χ1v) is 15.2. The second-order valence-corrected chi connectivity index (χ2v) is 13.5. The zero-order valence-electron chi connectivity index (χ0n) is 23.6. The number of morpholine rings is 1. The molecule has 0 saturated carbocycles. The number of sulfonamides is 1. The van der Waals surface area contributed by atoms with E-state index >= 15 is 0 Å². The molecular formula is C29H38N4O6S. The maximum Gasteiger partial charge on any atom is 0.419 e. The van der Waals surface area contributed by atoms with Gasteiger partial charge in [-0.3, -0.25) is 14.3 Å². The summed E-state index contributed by atoms with van der Waals surface area (Å²) in [6.07, 6.45) is 2.23. The van der Waals surface area contributed by atoms with Gasteiger partial charge >= 0.3 is 5.76 Å². The van der Waals surface area contributed by atoms with Crippen LogP contribution in [0, 0.1) is 12.8 Å². The Balaban J connectivity index is 1.30. The summed E-state index contributed by atoms with van der Waals surface area (Å²) < 4.78 is 42.5. The molecule has 1 aromatic heterocycles. The van der Waals surface area contributed by atoms with Crippen LogP contribution in [-0.4, -0.2) is 72.5 Å². The first kappa shape index (κ1) is 28.5. The van der Waals surface area contributed by atoms with Gasteiger partial charge < -0.3 is 14.5 Å². The standard InChI is InChI=1S/C29H38N4O6S/c1-20(2)14-23-17-38-29(19-33(23)40(36,37)24-9-6-21(3)7-10-24)12-5-13-32(18-29)16-27(34)30-22-8-11-25-26(15-22)39-28(35)31(25)4/h6-11,15,20,23H,5,12-14,16-19H2,1-4H3,(H,30,34)/t23-,29-/m0/s1. The Kier molecular flexibility index (Phi) is 7.93. The number of rotatable bonds is 7. The monoisotopic (exact) mass is 570 g/mol. The maximum atomic E-state index is 13.9. The van der Waals surface area contributed by atoms with E-state index in [4.69, 9.17) is 9.15 Å². The van der Waals surface area contributed by atoms with Crippen LogP contribution in [0.1, 0.15) is 38.7 Å². The van der Waals surface area contributed by atoms with Crippen molar-refractivity contribution >= 4 is 32.7 Å². The molecule has 0 unspecified atom stereocenters. The second kappa shape index (κ2) is 11.1. The molecule has 3 heterocycles. The van der Waals surface area contributed by atoms with Crippen molar-refractivity contribution in [3.63, 3.8) is 0 Å². The number of ether oxygens (including phenoxy) is 1. The van der Waals surface area contributed by atoms with Crippen molar-refractivity contribution in [2.75, 3.05) is 38.1 Å². The van der Waals surface area contributed by atoms with Crippen LogP contribution in [-0.2, 0) is 26.6 Å². The van der Waals surface area contributed by atoms with E-state index in [1.807, 2.05) is 24.0 Å². The third-order valence-corrected chi connectivity index (χ3v) is 9.78. The summed E-state index contributed by atoms with van der Waals surface area (Å²) in [6, 6.07) is 11.9. The number of carbonyl (C=O) groups excluding carboxylic acids is 1. The van der Waals surface area contributed by atoms with Gasteiger partial charge in [-0.05, 0) is 62.9 Å². The first-order valence-electron chi connectivity index (χ1n) is 13.8. The highest BCUT2D eigenvalue weighted by Gasteiger charge is 2.47. The average Bonchev–Trinajstić information content (AvgIpc) is 3.17. The minimum Gasteiger partial charge on any atom is -0.408 e. The van der Waals surface area contributed by atoms with Crippen LogP contribution < -0.4 is 11.1 Å². The molecule has 40 heavy (non-hydrogen) atoms. The van der Waals surface area contributed by atoms with Crippen LogP contribution >= 0.6 is 0 Å². The van der Waals surface area contributed by atoms with Gasteiger partial charge in [0.1, 0.15) is 0 Å². The van der Waals surface area contributed by atoms with E-state index in [0.29, 0.717) is 53.7 Å². The summed E-state index contributed by atoms with van der Waals surface area (Å²) in [5.41, 5.74) is 1.92. The number of benzene rings is 2. The number of aromatic nitrogens is 1. The minimum absolute atomic E-state index is 0.141. The number of oxazole rings is 1. The molecule has 1 N–H and O–H groups in total. The van der Waals surface area contributed by atoms with E-state index in [1.54, 1.807) is 41.7 Å². The lowest BCUT2D eigenvalue weighted by atomic mass is 9.89. The fourth-order valence-corrected chi connectivity index (χ4v) is 7.55. The molecule has 1 spiro atoms. The number of fused-ring (bicyclic) bond motifs is 1. The molecule has 0 radical (unpaired) electrons. The summed E-state index contributed by atoms with van der Waals surface area (Å²) in [6.45, 7) is 8.01. The Morgan fingerprint density at radius 3 is 2.62 bits per heavy atom. The van der Waals surface area contributed by atoms with E-state index in [0.717, 1.165) is 18.4 Å². The quantitative estimate of drug-likeness (QED) is 0.463. The summed E-state index contributed by atoms with van der Waals surface area (Å²) in [4.78, 5) is 27.1. The molecule has 2 saturated heterocycles. The van der Waals surface area contributed by atoms with Crippen LogP contribution in [0.2, 0.25) is 0 Å². The molecule has 216 valence electrons. The Hall–Kier alpha value is -2.99. The number of anilines is 1. The summed E-state index contributed by atoms with van der Waals surface area (Å²) in [5, 5.41) is 2.89. The Bertz CT molecular complexity index is 1540. The number of carbonyl (C=O) groups is 1. The highest BCUT2D eigenvalue weighted by molar-refractivity contribution is 7.89. The molecule has 2 aliphatic heterocycles.